The van der Waals surface area contributed by atoms with Gasteiger partial charge < -0.3 is 23.9 Å². The first-order chi connectivity index (χ1) is 20.9. The molecule has 224 valence electrons. The molecule has 2 aliphatic heterocycles. The van der Waals surface area contributed by atoms with Crippen LogP contribution in [0.15, 0.2) is 66.7 Å². The van der Waals surface area contributed by atoms with Crippen LogP contribution in [-0.2, 0) is 29.2 Å². The maximum atomic E-state index is 14.1. The van der Waals surface area contributed by atoms with Gasteiger partial charge in [0.25, 0.3) is 0 Å². The summed E-state index contributed by atoms with van der Waals surface area (Å²) in [6.45, 7) is 4.05. The first-order valence-corrected chi connectivity index (χ1v) is 14.8. The summed E-state index contributed by atoms with van der Waals surface area (Å²) in [5, 5.41) is 9.37. The third-order valence-corrected chi connectivity index (χ3v) is 8.10. The maximum Gasteiger partial charge on any atom is 0.328 e. The number of carboxylic acid groups (broad SMARTS) is 1. The number of halogens is 2. The number of aromatic nitrogens is 2. The number of benzene rings is 3. The summed E-state index contributed by atoms with van der Waals surface area (Å²) in [4.78, 5) is 18.3. The molecule has 0 radical (unpaired) electrons. The van der Waals surface area contributed by atoms with Crippen molar-refractivity contribution in [2.24, 2.45) is 0 Å². The standard InChI is InChI=1S/C33H33ClFN3O5/c34-24-7-6-23(29(35)17-24)21-42-26-2-1-3-27(18-26)43-25-10-13-37(14-11-25)20-32-36-30-8-4-22(5-9-33(39)40)16-31(30)38(32)19-28-12-15-41-28/h1-9,16-18,25,28H,10-15,19-21H2,(H,39,40)/b9-5+/t28-/m0/s1. The Morgan fingerprint density at radius 3 is 2.65 bits per heavy atom. The van der Waals surface area contributed by atoms with Gasteiger partial charge in [-0.1, -0.05) is 29.8 Å². The Balaban J connectivity index is 1.07. The molecule has 10 heteroatoms. The van der Waals surface area contributed by atoms with E-state index in [1.54, 1.807) is 18.2 Å². The van der Waals surface area contributed by atoms with Crippen LogP contribution in [0, 0.1) is 5.82 Å². The van der Waals surface area contributed by atoms with Crippen LogP contribution < -0.4 is 9.47 Å². The minimum atomic E-state index is -0.976. The number of rotatable bonds is 11. The second kappa shape index (κ2) is 13.2. The lowest BCUT2D eigenvalue weighted by atomic mass is 10.1. The fraction of sp³-hybridized carbons (Fsp3) is 0.333. The van der Waals surface area contributed by atoms with Crippen molar-refractivity contribution in [1.29, 1.82) is 0 Å². The van der Waals surface area contributed by atoms with Gasteiger partial charge in [0.2, 0.25) is 0 Å². The Morgan fingerprint density at radius 2 is 1.91 bits per heavy atom. The van der Waals surface area contributed by atoms with Gasteiger partial charge >= 0.3 is 5.97 Å². The van der Waals surface area contributed by atoms with E-state index < -0.39 is 11.8 Å². The average Bonchev–Trinajstić information content (AvgIpc) is 3.30. The number of carboxylic acids is 1. The van der Waals surface area contributed by atoms with Crippen molar-refractivity contribution < 1.29 is 28.5 Å². The van der Waals surface area contributed by atoms with E-state index in [0.717, 1.165) is 79.8 Å². The van der Waals surface area contributed by atoms with Crippen molar-refractivity contribution >= 4 is 34.7 Å². The Labute approximate surface area is 254 Å². The summed E-state index contributed by atoms with van der Waals surface area (Å²) in [5.74, 6) is 0.946. The summed E-state index contributed by atoms with van der Waals surface area (Å²) in [7, 11) is 0. The van der Waals surface area contributed by atoms with Crippen molar-refractivity contribution in [3.63, 3.8) is 0 Å². The molecule has 3 aromatic carbocycles. The van der Waals surface area contributed by atoms with Gasteiger partial charge in [-0.05, 0) is 67.3 Å². The summed E-state index contributed by atoms with van der Waals surface area (Å²) >= 11 is 5.84. The van der Waals surface area contributed by atoms with E-state index in [0.29, 0.717) is 22.9 Å². The van der Waals surface area contributed by atoms with Crippen LogP contribution >= 0.6 is 11.6 Å². The quantitative estimate of drug-likeness (QED) is 0.200. The Kier molecular flexibility index (Phi) is 8.92. The lowest BCUT2D eigenvalue weighted by Gasteiger charge is -2.32. The molecular formula is C33H33ClFN3O5. The van der Waals surface area contributed by atoms with E-state index in [4.69, 9.17) is 35.9 Å². The second-order valence-electron chi connectivity index (χ2n) is 10.9. The van der Waals surface area contributed by atoms with Crippen molar-refractivity contribution in [2.45, 2.75) is 51.2 Å². The number of likely N-dealkylation sites (tertiary alicyclic amines) is 1. The Morgan fingerprint density at radius 1 is 1.09 bits per heavy atom. The zero-order valence-corrected chi connectivity index (χ0v) is 24.4. The van der Waals surface area contributed by atoms with Crippen molar-refractivity contribution in [2.75, 3.05) is 19.7 Å². The molecule has 3 heterocycles. The first-order valence-electron chi connectivity index (χ1n) is 14.5. The zero-order valence-electron chi connectivity index (χ0n) is 23.6. The summed E-state index contributed by atoms with van der Waals surface area (Å²) < 4.78 is 34.2. The van der Waals surface area contributed by atoms with Crippen molar-refractivity contribution in [3.8, 4) is 11.5 Å². The lowest BCUT2D eigenvalue weighted by Crippen LogP contribution is -2.39. The molecule has 2 aliphatic rings. The van der Waals surface area contributed by atoms with Gasteiger partial charge in [0, 0.05) is 42.4 Å². The third kappa shape index (κ3) is 7.36. The van der Waals surface area contributed by atoms with Crippen molar-refractivity contribution in [1.82, 2.24) is 14.5 Å². The van der Waals surface area contributed by atoms with Gasteiger partial charge in [0.15, 0.2) is 0 Å². The molecule has 0 amide bonds. The molecule has 43 heavy (non-hydrogen) atoms. The summed E-state index contributed by atoms with van der Waals surface area (Å²) in [5.41, 5.74) is 3.13. The number of nitrogens with zero attached hydrogens (tertiary/aromatic N) is 3. The molecule has 0 bridgehead atoms. The average molecular weight is 606 g/mol. The van der Waals surface area contributed by atoms with Gasteiger partial charge in [0.1, 0.15) is 35.9 Å². The van der Waals surface area contributed by atoms with E-state index in [2.05, 4.69) is 9.47 Å². The molecule has 1 aromatic heterocycles. The fourth-order valence-electron chi connectivity index (χ4n) is 5.43. The number of aliphatic carboxylic acids is 1. The molecule has 4 aromatic rings. The van der Waals surface area contributed by atoms with E-state index in [1.807, 2.05) is 42.5 Å². The normalized spacial score (nSPS) is 17.8. The van der Waals surface area contributed by atoms with Gasteiger partial charge in [-0.3, -0.25) is 4.90 Å². The highest BCUT2D eigenvalue weighted by Gasteiger charge is 2.25. The van der Waals surface area contributed by atoms with E-state index >= 15 is 0 Å². The minimum Gasteiger partial charge on any atom is -0.490 e. The van der Waals surface area contributed by atoms with Gasteiger partial charge in [-0.15, -0.1) is 0 Å². The molecule has 8 nitrogen and oxygen atoms in total. The molecule has 6 rings (SSSR count). The van der Waals surface area contributed by atoms with Crippen LogP contribution in [0.2, 0.25) is 5.02 Å². The predicted octanol–water partition coefficient (Wildman–Crippen LogP) is 6.34. The predicted molar refractivity (Wildman–Crippen MR) is 162 cm³/mol. The molecular weight excluding hydrogens is 573 g/mol. The van der Waals surface area contributed by atoms with Crippen LogP contribution in [-0.4, -0.2) is 57.4 Å². The van der Waals surface area contributed by atoms with E-state index in [9.17, 15) is 9.18 Å². The van der Waals surface area contributed by atoms with Crippen LogP contribution in [0.3, 0.4) is 0 Å². The molecule has 0 aliphatic carbocycles. The number of imidazole rings is 1. The number of piperidine rings is 1. The smallest absolute Gasteiger partial charge is 0.328 e. The van der Waals surface area contributed by atoms with Crippen LogP contribution in [0.1, 0.15) is 36.2 Å². The van der Waals surface area contributed by atoms with Crippen LogP contribution in [0.25, 0.3) is 17.1 Å². The number of hydrogen-bond donors (Lipinski definition) is 1. The molecule has 1 N–H and O–H groups in total. The number of fused-ring (bicyclic) bond motifs is 1. The molecule has 1 atom stereocenters. The first kappa shape index (κ1) is 29.2. The third-order valence-electron chi connectivity index (χ3n) is 7.87. The number of hydrogen-bond acceptors (Lipinski definition) is 6. The highest BCUT2D eigenvalue weighted by molar-refractivity contribution is 6.30. The monoisotopic (exact) mass is 605 g/mol. The van der Waals surface area contributed by atoms with Crippen LogP contribution in [0.4, 0.5) is 4.39 Å². The van der Waals surface area contributed by atoms with Crippen LogP contribution in [0.5, 0.6) is 11.5 Å². The second-order valence-corrected chi connectivity index (χ2v) is 11.4. The maximum absolute atomic E-state index is 14.1. The molecule has 2 saturated heterocycles. The lowest BCUT2D eigenvalue weighted by molar-refractivity contribution is -0.131. The van der Waals surface area contributed by atoms with Gasteiger partial charge in [-0.2, -0.15) is 0 Å². The molecule has 0 spiro atoms. The summed E-state index contributed by atoms with van der Waals surface area (Å²) in [6, 6.07) is 17.8. The number of ether oxygens (including phenoxy) is 3. The van der Waals surface area contributed by atoms with E-state index in [1.165, 1.54) is 6.07 Å². The molecule has 0 saturated carbocycles. The topological polar surface area (TPSA) is 86.0 Å². The Hall–Kier alpha value is -3.92. The number of carbonyl (C=O) groups is 1. The van der Waals surface area contributed by atoms with Crippen molar-refractivity contribution in [3.05, 3.63) is 94.5 Å². The largest absolute Gasteiger partial charge is 0.490 e. The fourth-order valence-corrected chi connectivity index (χ4v) is 5.59. The zero-order chi connectivity index (χ0) is 29.8. The van der Waals surface area contributed by atoms with E-state index in [-0.39, 0.29) is 18.8 Å². The SMILES string of the molecule is O=C(O)/C=C/c1ccc2nc(CN3CCC(Oc4cccc(OCc5ccc(Cl)cc5F)c4)CC3)n(C[C@@H]3CCO3)c2c1. The van der Waals surface area contributed by atoms with Gasteiger partial charge in [-0.25, -0.2) is 14.2 Å². The molecule has 0 unspecified atom stereocenters. The minimum absolute atomic E-state index is 0.0750. The molecule has 2 fully saturated rings. The summed E-state index contributed by atoms with van der Waals surface area (Å²) in [6.07, 6.45) is 5.75. The van der Waals surface area contributed by atoms with Gasteiger partial charge in [0.05, 0.1) is 30.2 Å². The highest BCUT2D eigenvalue weighted by atomic mass is 35.5. The Bertz CT molecular complexity index is 1630. The highest BCUT2D eigenvalue weighted by Crippen LogP contribution is 2.27.